The predicted octanol–water partition coefficient (Wildman–Crippen LogP) is 0.419. The lowest BCUT2D eigenvalue weighted by Crippen LogP contribution is -2.36. The Labute approximate surface area is 98.8 Å². The molecule has 0 aromatic heterocycles. The van der Waals surface area contributed by atoms with Crippen LogP contribution in [0.25, 0.3) is 0 Å². The van der Waals surface area contributed by atoms with Crippen LogP contribution in [0.2, 0.25) is 0 Å². The molecule has 1 unspecified atom stereocenters. The summed E-state index contributed by atoms with van der Waals surface area (Å²) in [5.41, 5.74) is 6.04. The maximum absolute atomic E-state index is 12.8. The van der Waals surface area contributed by atoms with E-state index in [0.29, 0.717) is 25.1 Å². The van der Waals surface area contributed by atoms with E-state index in [-0.39, 0.29) is 5.82 Å². The van der Waals surface area contributed by atoms with Crippen LogP contribution in [-0.4, -0.2) is 35.1 Å². The standard InChI is InChI=1S/C12H15FN2O2/c13-9-3-1-8(2-4-9)11(12(14)17)15-6-5-10(16)7-15/h1-4,10-11,16H,5-7H2,(H2,14,17)/t10-,11?/m0/s1. The molecule has 3 N–H and O–H groups in total. The number of carbonyl (C=O) groups is 1. The molecule has 1 aliphatic rings. The van der Waals surface area contributed by atoms with Crippen molar-refractivity contribution in [3.05, 3.63) is 35.6 Å². The normalized spacial score (nSPS) is 22.6. The third-order valence-electron chi connectivity index (χ3n) is 3.02. The van der Waals surface area contributed by atoms with E-state index in [2.05, 4.69) is 0 Å². The summed E-state index contributed by atoms with van der Waals surface area (Å²) >= 11 is 0. The highest BCUT2D eigenvalue weighted by Crippen LogP contribution is 2.25. The van der Waals surface area contributed by atoms with E-state index >= 15 is 0 Å². The van der Waals surface area contributed by atoms with Crippen LogP contribution in [0.4, 0.5) is 4.39 Å². The summed E-state index contributed by atoms with van der Waals surface area (Å²) < 4.78 is 12.8. The fourth-order valence-corrected chi connectivity index (χ4v) is 2.20. The average Bonchev–Trinajstić information content (AvgIpc) is 2.68. The highest BCUT2D eigenvalue weighted by molar-refractivity contribution is 5.81. The maximum atomic E-state index is 12.8. The Balaban J connectivity index is 2.23. The molecule has 0 radical (unpaired) electrons. The molecule has 0 aliphatic carbocycles. The lowest BCUT2D eigenvalue weighted by atomic mass is 10.1. The number of aliphatic hydroxyl groups excluding tert-OH is 1. The third kappa shape index (κ3) is 2.62. The number of aliphatic hydroxyl groups is 1. The number of benzene rings is 1. The monoisotopic (exact) mass is 238 g/mol. The smallest absolute Gasteiger partial charge is 0.239 e. The van der Waals surface area contributed by atoms with Crippen LogP contribution < -0.4 is 5.73 Å². The van der Waals surface area contributed by atoms with Gasteiger partial charge in [0.15, 0.2) is 0 Å². The van der Waals surface area contributed by atoms with Gasteiger partial charge in [-0.05, 0) is 24.1 Å². The van der Waals surface area contributed by atoms with Gasteiger partial charge in [0, 0.05) is 13.1 Å². The predicted molar refractivity (Wildman–Crippen MR) is 60.5 cm³/mol. The summed E-state index contributed by atoms with van der Waals surface area (Å²) in [5.74, 6) is -0.830. The lowest BCUT2D eigenvalue weighted by molar-refractivity contribution is -0.123. The van der Waals surface area contributed by atoms with Crippen LogP contribution in [0.5, 0.6) is 0 Å². The van der Waals surface area contributed by atoms with E-state index in [9.17, 15) is 14.3 Å². The van der Waals surface area contributed by atoms with Gasteiger partial charge in [0.25, 0.3) is 0 Å². The molecule has 5 heteroatoms. The number of primary amides is 1. The van der Waals surface area contributed by atoms with E-state index in [0.717, 1.165) is 0 Å². The zero-order chi connectivity index (χ0) is 12.4. The zero-order valence-corrected chi connectivity index (χ0v) is 9.34. The minimum atomic E-state index is -0.590. The first kappa shape index (κ1) is 12.0. The number of amides is 1. The summed E-state index contributed by atoms with van der Waals surface area (Å²) in [6, 6.07) is 5.12. The van der Waals surface area contributed by atoms with Crippen LogP contribution in [0.15, 0.2) is 24.3 Å². The van der Waals surface area contributed by atoms with Gasteiger partial charge in [-0.25, -0.2) is 4.39 Å². The zero-order valence-electron chi connectivity index (χ0n) is 9.34. The number of β-amino-alcohol motifs (C(OH)–C–C–N with tert-alkyl or cyclic N) is 1. The van der Waals surface area contributed by atoms with Crippen molar-refractivity contribution in [2.24, 2.45) is 5.73 Å². The number of nitrogens with zero attached hydrogens (tertiary/aromatic N) is 1. The van der Waals surface area contributed by atoms with Gasteiger partial charge in [0.2, 0.25) is 5.91 Å². The first-order valence-corrected chi connectivity index (χ1v) is 5.55. The number of likely N-dealkylation sites (tertiary alicyclic amines) is 1. The minimum absolute atomic E-state index is 0.349. The van der Waals surface area contributed by atoms with Crippen LogP contribution in [0.1, 0.15) is 18.0 Å². The fourth-order valence-electron chi connectivity index (χ4n) is 2.20. The second-order valence-corrected chi connectivity index (χ2v) is 4.29. The Morgan fingerprint density at radius 1 is 1.47 bits per heavy atom. The molecule has 17 heavy (non-hydrogen) atoms. The van der Waals surface area contributed by atoms with Gasteiger partial charge in [0.1, 0.15) is 11.9 Å². The van der Waals surface area contributed by atoms with Gasteiger partial charge >= 0.3 is 0 Å². The number of rotatable bonds is 3. The Bertz CT molecular complexity index is 407. The van der Waals surface area contributed by atoms with Crippen molar-refractivity contribution >= 4 is 5.91 Å². The van der Waals surface area contributed by atoms with Gasteiger partial charge < -0.3 is 10.8 Å². The molecule has 1 aliphatic heterocycles. The Hall–Kier alpha value is -1.46. The molecule has 0 saturated carbocycles. The Morgan fingerprint density at radius 2 is 2.12 bits per heavy atom. The summed E-state index contributed by atoms with van der Waals surface area (Å²) in [6.45, 7) is 1.04. The van der Waals surface area contributed by atoms with Crippen molar-refractivity contribution in [2.45, 2.75) is 18.6 Å². The SMILES string of the molecule is NC(=O)C(c1ccc(F)cc1)N1CC[C@H](O)C1. The van der Waals surface area contributed by atoms with Gasteiger partial charge in [-0.15, -0.1) is 0 Å². The number of hydrogen-bond donors (Lipinski definition) is 2. The summed E-state index contributed by atoms with van der Waals surface area (Å²) in [5, 5.41) is 9.47. The van der Waals surface area contributed by atoms with Crippen molar-refractivity contribution in [1.82, 2.24) is 4.90 Å². The van der Waals surface area contributed by atoms with Gasteiger partial charge in [-0.3, -0.25) is 9.69 Å². The molecule has 4 nitrogen and oxygen atoms in total. The number of carbonyl (C=O) groups excluding carboxylic acids is 1. The molecular weight excluding hydrogens is 223 g/mol. The molecule has 2 atom stereocenters. The van der Waals surface area contributed by atoms with Crippen LogP contribution in [-0.2, 0) is 4.79 Å². The number of halogens is 1. The van der Waals surface area contributed by atoms with Gasteiger partial charge in [-0.2, -0.15) is 0 Å². The van der Waals surface area contributed by atoms with Crippen molar-refractivity contribution in [3.8, 4) is 0 Å². The van der Waals surface area contributed by atoms with E-state index in [1.54, 1.807) is 12.1 Å². The number of hydrogen-bond acceptors (Lipinski definition) is 3. The molecule has 0 spiro atoms. The molecule has 1 aromatic rings. The highest BCUT2D eigenvalue weighted by atomic mass is 19.1. The van der Waals surface area contributed by atoms with Gasteiger partial charge in [0.05, 0.1) is 6.10 Å². The Morgan fingerprint density at radius 3 is 2.59 bits per heavy atom. The molecule has 1 saturated heterocycles. The second kappa shape index (κ2) is 4.81. The number of nitrogens with two attached hydrogens (primary N) is 1. The summed E-state index contributed by atoms with van der Waals surface area (Å²) in [7, 11) is 0. The third-order valence-corrected chi connectivity index (χ3v) is 3.02. The maximum Gasteiger partial charge on any atom is 0.239 e. The van der Waals surface area contributed by atoms with E-state index < -0.39 is 18.1 Å². The molecule has 1 heterocycles. The average molecular weight is 238 g/mol. The second-order valence-electron chi connectivity index (χ2n) is 4.29. The lowest BCUT2D eigenvalue weighted by Gasteiger charge is -2.25. The van der Waals surface area contributed by atoms with Crippen molar-refractivity contribution in [1.29, 1.82) is 0 Å². The van der Waals surface area contributed by atoms with E-state index in [1.807, 2.05) is 4.90 Å². The quantitative estimate of drug-likeness (QED) is 0.802. The van der Waals surface area contributed by atoms with Crippen molar-refractivity contribution < 1.29 is 14.3 Å². The van der Waals surface area contributed by atoms with Crippen molar-refractivity contribution in [3.63, 3.8) is 0 Å². The first-order valence-electron chi connectivity index (χ1n) is 5.55. The molecule has 92 valence electrons. The molecule has 0 bridgehead atoms. The molecule has 1 fully saturated rings. The Kier molecular flexibility index (Phi) is 3.40. The summed E-state index contributed by atoms with van der Waals surface area (Å²) in [4.78, 5) is 13.3. The summed E-state index contributed by atoms with van der Waals surface area (Å²) in [6.07, 6.45) is 0.211. The van der Waals surface area contributed by atoms with Gasteiger partial charge in [-0.1, -0.05) is 12.1 Å². The highest BCUT2D eigenvalue weighted by Gasteiger charge is 2.31. The van der Waals surface area contributed by atoms with E-state index in [4.69, 9.17) is 5.73 Å². The minimum Gasteiger partial charge on any atom is -0.392 e. The van der Waals surface area contributed by atoms with E-state index in [1.165, 1.54) is 12.1 Å². The first-order chi connectivity index (χ1) is 8.08. The molecular formula is C12H15FN2O2. The van der Waals surface area contributed by atoms with Crippen LogP contribution >= 0.6 is 0 Å². The molecule has 1 amide bonds. The fraction of sp³-hybridized carbons (Fsp3) is 0.417. The van der Waals surface area contributed by atoms with Crippen LogP contribution in [0.3, 0.4) is 0 Å². The molecule has 2 rings (SSSR count). The van der Waals surface area contributed by atoms with Crippen molar-refractivity contribution in [2.75, 3.05) is 13.1 Å². The topological polar surface area (TPSA) is 66.6 Å². The molecule has 1 aromatic carbocycles. The van der Waals surface area contributed by atoms with Crippen LogP contribution in [0, 0.1) is 5.82 Å². The largest absolute Gasteiger partial charge is 0.392 e.